The topological polar surface area (TPSA) is 33.0 Å². The Kier molecular flexibility index (Phi) is 3.91. The van der Waals surface area contributed by atoms with Gasteiger partial charge in [0.15, 0.2) is 0 Å². The van der Waals surface area contributed by atoms with Crippen LogP contribution in [0.15, 0.2) is 52.3 Å². The quantitative estimate of drug-likeness (QED) is 0.830. The summed E-state index contributed by atoms with van der Waals surface area (Å²) in [5.41, 5.74) is 1.85. The van der Waals surface area contributed by atoms with Crippen LogP contribution in [0.25, 0.3) is 0 Å². The van der Waals surface area contributed by atoms with Crippen LogP contribution in [-0.2, 0) is 0 Å². The average Bonchev–Trinajstić information content (AvgIpc) is 2.39. The zero-order valence-corrected chi connectivity index (χ0v) is 11.1. The second kappa shape index (κ2) is 5.61. The van der Waals surface area contributed by atoms with Gasteiger partial charge in [-0.25, -0.2) is 0 Å². The normalized spacial score (nSPS) is 9.83. The van der Waals surface area contributed by atoms with Crippen LogP contribution in [0.4, 0.5) is 0 Å². The van der Waals surface area contributed by atoms with Gasteiger partial charge in [-0.15, -0.1) is 0 Å². The minimum Gasteiger partial charge on any atom is -0.497 e. The lowest BCUT2D eigenvalue weighted by molar-refractivity contribution is 0.413. The summed E-state index contributed by atoms with van der Waals surface area (Å²) in [6.45, 7) is 2.02. The number of hydrogen-bond acceptors (Lipinski definition) is 3. The standard InChI is InChI=1S/C15H13NOS/c1-11-6-7-12(10-16)15(8-11)18-14-5-3-4-13(9-14)17-2/h3-9H,1-2H3. The Labute approximate surface area is 111 Å². The molecule has 0 N–H and O–H groups in total. The van der Waals surface area contributed by atoms with Gasteiger partial charge in [0.25, 0.3) is 0 Å². The third-order valence-electron chi connectivity index (χ3n) is 2.53. The van der Waals surface area contributed by atoms with Gasteiger partial charge in [0, 0.05) is 9.79 Å². The van der Waals surface area contributed by atoms with Crippen molar-refractivity contribution in [2.75, 3.05) is 7.11 Å². The number of rotatable bonds is 3. The Morgan fingerprint density at radius 3 is 2.72 bits per heavy atom. The summed E-state index contributed by atoms with van der Waals surface area (Å²) in [7, 11) is 1.65. The number of aryl methyl sites for hydroxylation is 1. The Morgan fingerprint density at radius 2 is 2.00 bits per heavy atom. The maximum Gasteiger partial charge on any atom is 0.119 e. The lowest BCUT2D eigenvalue weighted by Gasteiger charge is -2.06. The zero-order valence-electron chi connectivity index (χ0n) is 10.3. The van der Waals surface area contributed by atoms with Gasteiger partial charge in [-0.2, -0.15) is 5.26 Å². The van der Waals surface area contributed by atoms with Gasteiger partial charge >= 0.3 is 0 Å². The number of methoxy groups -OCH3 is 1. The summed E-state index contributed by atoms with van der Waals surface area (Å²) in [4.78, 5) is 2.04. The zero-order chi connectivity index (χ0) is 13.0. The highest BCUT2D eigenvalue weighted by Gasteiger charge is 2.05. The molecule has 0 fully saturated rings. The lowest BCUT2D eigenvalue weighted by atomic mass is 10.2. The molecule has 2 aromatic rings. The van der Waals surface area contributed by atoms with E-state index in [0.29, 0.717) is 5.56 Å². The first kappa shape index (κ1) is 12.5. The number of nitriles is 1. The van der Waals surface area contributed by atoms with Gasteiger partial charge in [0.1, 0.15) is 11.8 Å². The van der Waals surface area contributed by atoms with E-state index < -0.39 is 0 Å². The Bertz CT molecular complexity index is 602. The van der Waals surface area contributed by atoms with Crippen LogP contribution in [-0.4, -0.2) is 7.11 Å². The van der Waals surface area contributed by atoms with Crippen LogP contribution in [0.1, 0.15) is 11.1 Å². The molecule has 0 radical (unpaired) electrons. The predicted octanol–water partition coefficient (Wildman–Crippen LogP) is 4.03. The summed E-state index contributed by atoms with van der Waals surface area (Å²) < 4.78 is 5.19. The van der Waals surface area contributed by atoms with Crippen molar-refractivity contribution in [3.05, 3.63) is 53.6 Å². The van der Waals surface area contributed by atoms with Crippen molar-refractivity contribution in [3.8, 4) is 11.8 Å². The lowest BCUT2D eigenvalue weighted by Crippen LogP contribution is -1.85. The van der Waals surface area contributed by atoms with Crippen molar-refractivity contribution in [2.45, 2.75) is 16.7 Å². The van der Waals surface area contributed by atoms with E-state index in [2.05, 4.69) is 6.07 Å². The highest BCUT2D eigenvalue weighted by atomic mass is 32.2. The van der Waals surface area contributed by atoms with E-state index in [1.807, 2.05) is 49.4 Å². The number of benzene rings is 2. The molecule has 0 saturated heterocycles. The van der Waals surface area contributed by atoms with E-state index in [1.165, 1.54) is 0 Å². The third-order valence-corrected chi connectivity index (χ3v) is 3.57. The van der Waals surface area contributed by atoms with Crippen molar-refractivity contribution in [1.29, 1.82) is 5.26 Å². The first-order valence-corrected chi connectivity index (χ1v) is 6.37. The Balaban J connectivity index is 2.33. The fourth-order valence-corrected chi connectivity index (χ4v) is 2.64. The molecule has 0 unspecified atom stereocenters. The summed E-state index contributed by atoms with van der Waals surface area (Å²) >= 11 is 1.58. The first-order valence-electron chi connectivity index (χ1n) is 5.55. The molecule has 0 bridgehead atoms. The molecule has 0 aliphatic heterocycles. The van der Waals surface area contributed by atoms with Crippen LogP contribution >= 0.6 is 11.8 Å². The number of hydrogen-bond donors (Lipinski definition) is 0. The summed E-state index contributed by atoms with van der Waals surface area (Å²) in [6, 6.07) is 15.9. The van der Waals surface area contributed by atoms with E-state index in [-0.39, 0.29) is 0 Å². The summed E-state index contributed by atoms with van der Waals surface area (Å²) in [6.07, 6.45) is 0. The smallest absolute Gasteiger partial charge is 0.119 e. The Hall–Kier alpha value is -1.92. The molecule has 0 aromatic heterocycles. The van der Waals surface area contributed by atoms with Crippen molar-refractivity contribution >= 4 is 11.8 Å². The highest BCUT2D eigenvalue weighted by Crippen LogP contribution is 2.32. The molecule has 0 saturated carbocycles. The number of ether oxygens (including phenoxy) is 1. The molecule has 2 rings (SSSR count). The van der Waals surface area contributed by atoms with E-state index >= 15 is 0 Å². The average molecular weight is 255 g/mol. The highest BCUT2D eigenvalue weighted by molar-refractivity contribution is 7.99. The van der Waals surface area contributed by atoms with Crippen LogP contribution in [0.2, 0.25) is 0 Å². The van der Waals surface area contributed by atoms with Gasteiger partial charge in [0.2, 0.25) is 0 Å². The second-order valence-electron chi connectivity index (χ2n) is 3.89. The van der Waals surface area contributed by atoms with E-state index in [4.69, 9.17) is 10.00 Å². The van der Waals surface area contributed by atoms with Gasteiger partial charge < -0.3 is 4.74 Å². The van der Waals surface area contributed by atoms with Gasteiger partial charge in [-0.1, -0.05) is 23.9 Å². The molecule has 0 aliphatic carbocycles. The largest absolute Gasteiger partial charge is 0.497 e. The molecule has 90 valence electrons. The van der Waals surface area contributed by atoms with Crippen molar-refractivity contribution in [2.24, 2.45) is 0 Å². The van der Waals surface area contributed by atoms with Crippen LogP contribution in [0, 0.1) is 18.3 Å². The molecule has 18 heavy (non-hydrogen) atoms. The molecule has 0 heterocycles. The second-order valence-corrected chi connectivity index (χ2v) is 5.01. The van der Waals surface area contributed by atoms with Crippen molar-refractivity contribution in [1.82, 2.24) is 0 Å². The molecule has 0 spiro atoms. The third kappa shape index (κ3) is 2.85. The molecule has 2 nitrogen and oxygen atoms in total. The van der Waals surface area contributed by atoms with Gasteiger partial charge in [0.05, 0.1) is 12.7 Å². The van der Waals surface area contributed by atoms with E-state index in [1.54, 1.807) is 18.9 Å². The fraction of sp³-hybridized carbons (Fsp3) is 0.133. The minimum atomic E-state index is 0.702. The molecule has 2 aromatic carbocycles. The molecule has 0 aliphatic rings. The predicted molar refractivity (Wildman–Crippen MR) is 73.0 cm³/mol. The van der Waals surface area contributed by atoms with Crippen LogP contribution in [0.5, 0.6) is 5.75 Å². The van der Waals surface area contributed by atoms with Crippen LogP contribution < -0.4 is 4.74 Å². The number of nitrogens with zero attached hydrogens (tertiary/aromatic N) is 1. The Morgan fingerprint density at radius 1 is 1.17 bits per heavy atom. The van der Waals surface area contributed by atoms with Gasteiger partial charge in [-0.05, 0) is 42.8 Å². The minimum absolute atomic E-state index is 0.702. The van der Waals surface area contributed by atoms with E-state index in [9.17, 15) is 0 Å². The summed E-state index contributed by atoms with van der Waals surface area (Å²) in [5.74, 6) is 0.825. The first-order chi connectivity index (χ1) is 8.72. The van der Waals surface area contributed by atoms with E-state index in [0.717, 1.165) is 21.1 Å². The van der Waals surface area contributed by atoms with Gasteiger partial charge in [-0.3, -0.25) is 0 Å². The molecule has 0 atom stereocenters. The van der Waals surface area contributed by atoms with Crippen molar-refractivity contribution < 1.29 is 4.74 Å². The molecular formula is C15H13NOS. The molecular weight excluding hydrogens is 242 g/mol. The van der Waals surface area contributed by atoms with Crippen LogP contribution in [0.3, 0.4) is 0 Å². The molecule has 0 amide bonds. The maximum atomic E-state index is 9.10. The van der Waals surface area contributed by atoms with Crippen molar-refractivity contribution in [3.63, 3.8) is 0 Å². The summed E-state index contributed by atoms with van der Waals surface area (Å²) in [5, 5.41) is 9.10. The maximum absolute atomic E-state index is 9.10. The SMILES string of the molecule is COc1cccc(Sc2cc(C)ccc2C#N)c1. The molecule has 3 heteroatoms. The monoisotopic (exact) mass is 255 g/mol. The fourth-order valence-electron chi connectivity index (χ4n) is 1.60.